The Morgan fingerprint density at radius 2 is 1.94 bits per heavy atom. The van der Waals surface area contributed by atoms with E-state index in [1.807, 2.05) is 0 Å². The van der Waals surface area contributed by atoms with Gasteiger partial charge >= 0.3 is 6.18 Å². The van der Waals surface area contributed by atoms with Crippen molar-refractivity contribution in [3.8, 4) is 0 Å². The van der Waals surface area contributed by atoms with E-state index in [1.165, 1.54) is 23.5 Å². The van der Waals surface area contributed by atoms with Gasteiger partial charge in [0.1, 0.15) is 0 Å². The number of hydrogen-bond acceptors (Lipinski definition) is 2. The summed E-state index contributed by atoms with van der Waals surface area (Å²) < 4.78 is 38.8. The minimum atomic E-state index is -4.46. The van der Waals surface area contributed by atoms with Crippen LogP contribution in [-0.2, 0) is 6.18 Å². The van der Waals surface area contributed by atoms with Gasteiger partial charge in [-0.25, -0.2) is 0 Å². The first-order valence-corrected chi connectivity index (χ1v) is 6.36. The second-order valence-electron chi connectivity index (χ2n) is 3.73. The highest BCUT2D eigenvalue weighted by molar-refractivity contribution is 7.08. The molecule has 18 heavy (non-hydrogen) atoms. The van der Waals surface area contributed by atoms with Gasteiger partial charge in [-0.1, -0.05) is 17.7 Å². The quantitative estimate of drug-likeness (QED) is 0.868. The SMILES string of the molecule is N[C@H](c1ccsc1)c1c(Cl)cccc1C(F)(F)F. The van der Waals surface area contributed by atoms with Crippen molar-refractivity contribution in [2.75, 3.05) is 0 Å². The fraction of sp³-hybridized carbons (Fsp3) is 0.167. The van der Waals surface area contributed by atoms with Crippen molar-refractivity contribution in [2.45, 2.75) is 12.2 Å². The maximum atomic E-state index is 12.9. The summed E-state index contributed by atoms with van der Waals surface area (Å²) in [6.45, 7) is 0. The van der Waals surface area contributed by atoms with Crippen LogP contribution in [0.4, 0.5) is 13.2 Å². The van der Waals surface area contributed by atoms with Crippen molar-refractivity contribution < 1.29 is 13.2 Å². The van der Waals surface area contributed by atoms with Gasteiger partial charge in [-0.15, -0.1) is 0 Å². The average Bonchev–Trinajstić information content (AvgIpc) is 2.80. The molecule has 0 aliphatic carbocycles. The zero-order valence-corrected chi connectivity index (χ0v) is 10.6. The van der Waals surface area contributed by atoms with Crippen LogP contribution >= 0.6 is 22.9 Å². The lowest BCUT2D eigenvalue weighted by Gasteiger charge is -2.19. The van der Waals surface area contributed by atoms with Gasteiger partial charge < -0.3 is 5.73 Å². The number of hydrogen-bond donors (Lipinski definition) is 1. The summed E-state index contributed by atoms with van der Waals surface area (Å²) in [6, 6.07) is 4.50. The monoisotopic (exact) mass is 291 g/mol. The lowest BCUT2D eigenvalue weighted by molar-refractivity contribution is -0.138. The maximum absolute atomic E-state index is 12.9. The Kier molecular flexibility index (Phi) is 3.66. The predicted octanol–water partition coefficient (Wildman–Crippen LogP) is 4.47. The molecule has 0 spiro atoms. The third-order valence-corrected chi connectivity index (χ3v) is 3.60. The number of nitrogens with two attached hydrogens (primary N) is 1. The fourth-order valence-corrected chi connectivity index (χ4v) is 2.71. The topological polar surface area (TPSA) is 26.0 Å². The van der Waals surface area contributed by atoms with E-state index >= 15 is 0 Å². The van der Waals surface area contributed by atoms with Crippen molar-refractivity contribution in [1.82, 2.24) is 0 Å². The third kappa shape index (κ3) is 2.53. The Hall–Kier alpha value is -1.04. The molecule has 0 aliphatic rings. The molecule has 0 saturated heterocycles. The van der Waals surface area contributed by atoms with Gasteiger partial charge in [0.2, 0.25) is 0 Å². The molecule has 0 fully saturated rings. The van der Waals surface area contributed by atoms with Gasteiger partial charge in [0, 0.05) is 10.6 Å². The van der Waals surface area contributed by atoms with E-state index in [9.17, 15) is 13.2 Å². The van der Waals surface area contributed by atoms with Crippen LogP contribution in [-0.4, -0.2) is 0 Å². The van der Waals surface area contributed by atoms with E-state index in [0.717, 1.165) is 6.07 Å². The molecule has 0 aliphatic heterocycles. The number of rotatable bonds is 2. The third-order valence-electron chi connectivity index (χ3n) is 2.57. The molecular formula is C12H9ClF3NS. The molecule has 0 amide bonds. The van der Waals surface area contributed by atoms with Crippen LogP contribution in [0.3, 0.4) is 0 Å². The first-order chi connectivity index (χ1) is 8.41. The zero-order valence-electron chi connectivity index (χ0n) is 9.04. The Bertz CT molecular complexity index is 537. The summed E-state index contributed by atoms with van der Waals surface area (Å²) in [6.07, 6.45) is -4.46. The van der Waals surface area contributed by atoms with Gasteiger partial charge in [0.05, 0.1) is 11.6 Å². The van der Waals surface area contributed by atoms with Crippen LogP contribution in [0.25, 0.3) is 0 Å². The van der Waals surface area contributed by atoms with Gasteiger partial charge in [-0.3, -0.25) is 0 Å². The fourth-order valence-electron chi connectivity index (χ4n) is 1.72. The molecule has 0 radical (unpaired) electrons. The first kappa shape index (κ1) is 13.4. The number of benzene rings is 1. The van der Waals surface area contributed by atoms with Crippen LogP contribution in [0.15, 0.2) is 35.0 Å². The largest absolute Gasteiger partial charge is 0.416 e. The lowest BCUT2D eigenvalue weighted by Crippen LogP contribution is -2.18. The summed E-state index contributed by atoms with van der Waals surface area (Å²) in [5, 5.41) is 3.51. The summed E-state index contributed by atoms with van der Waals surface area (Å²) in [5.74, 6) is 0. The Morgan fingerprint density at radius 3 is 2.50 bits per heavy atom. The second-order valence-corrected chi connectivity index (χ2v) is 4.92. The average molecular weight is 292 g/mol. The molecule has 0 saturated carbocycles. The highest BCUT2D eigenvalue weighted by atomic mass is 35.5. The number of alkyl halides is 3. The predicted molar refractivity (Wildman–Crippen MR) is 66.8 cm³/mol. The molecule has 6 heteroatoms. The smallest absolute Gasteiger partial charge is 0.320 e. The molecule has 1 nitrogen and oxygen atoms in total. The van der Waals surface area contributed by atoms with E-state index in [-0.39, 0.29) is 10.6 Å². The van der Waals surface area contributed by atoms with Crippen LogP contribution in [0.5, 0.6) is 0 Å². The zero-order chi connectivity index (χ0) is 13.3. The first-order valence-electron chi connectivity index (χ1n) is 5.04. The minimum Gasteiger partial charge on any atom is -0.320 e. The van der Waals surface area contributed by atoms with Crippen molar-refractivity contribution in [3.63, 3.8) is 0 Å². The number of halogens is 4. The molecule has 2 N–H and O–H groups in total. The Morgan fingerprint density at radius 1 is 1.22 bits per heavy atom. The van der Waals surface area contributed by atoms with Crippen molar-refractivity contribution in [3.05, 3.63) is 56.7 Å². The Balaban J connectivity index is 2.56. The van der Waals surface area contributed by atoms with Crippen molar-refractivity contribution in [2.24, 2.45) is 5.73 Å². The van der Waals surface area contributed by atoms with Crippen molar-refractivity contribution >= 4 is 22.9 Å². The molecule has 96 valence electrons. The molecule has 1 heterocycles. The van der Waals surface area contributed by atoms with E-state index in [2.05, 4.69) is 0 Å². The standard InChI is InChI=1S/C12H9ClF3NS/c13-9-3-1-2-8(12(14,15)16)10(9)11(17)7-4-5-18-6-7/h1-6,11H,17H2/t11-/m1/s1. The summed E-state index contributed by atoms with van der Waals surface area (Å²) in [4.78, 5) is 0. The van der Waals surface area contributed by atoms with E-state index in [4.69, 9.17) is 17.3 Å². The maximum Gasteiger partial charge on any atom is 0.416 e. The summed E-state index contributed by atoms with van der Waals surface area (Å²) >= 11 is 7.25. The summed E-state index contributed by atoms with van der Waals surface area (Å²) in [7, 11) is 0. The van der Waals surface area contributed by atoms with Crippen molar-refractivity contribution in [1.29, 1.82) is 0 Å². The molecule has 2 aromatic rings. The molecule has 1 atom stereocenters. The van der Waals surface area contributed by atoms with E-state index in [1.54, 1.807) is 16.8 Å². The molecule has 1 aromatic carbocycles. The van der Waals surface area contributed by atoms with E-state index < -0.39 is 17.8 Å². The van der Waals surface area contributed by atoms with Crippen LogP contribution in [0.2, 0.25) is 5.02 Å². The van der Waals surface area contributed by atoms with Gasteiger partial charge in [-0.2, -0.15) is 24.5 Å². The highest BCUT2D eigenvalue weighted by Crippen LogP contribution is 2.39. The van der Waals surface area contributed by atoms with Crippen LogP contribution < -0.4 is 5.73 Å². The van der Waals surface area contributed by atoms with Gasteiger partial charge in [0.25, 0.3) is 0 Å². The van der Waals surface area contributed by atoms with Crippen LogP contribution in [0.1, 0.15) is 22.7 Å². The molecular weight excluding hydrogens is 283 g/mol. The second kappa shape index (κ2) is 4.91. The molecule has 0 bridgehead atoms. The van der Waals surface area contributed by atoms with Gasteiger partial charge in [0.15, 0.2) is 0 Å². The normalized spacial score (nSPS) is 13.6. The molecule has 0 unspecified atom stereocenters. The van der Waals surface area contributed by atoms with Gasteiger partial charge in [-0.05, 0) is 34.5 Å². The van der Waals surface area contributed by atoms with E-state index in [0.29, 0.717) is 5.56 Å². The minimum absolute atomic E-state index is 0.0310. The lowest BCUT2D eigenvalue weighted by atomic mass is 9.96. The molecule has 1 aromatic heterocycles. The van der Waals surface area contributed by atoms with Crippen LogP contribution in [0, 0.1) is 0 Å². The molecule has 2 rings (SSSR count). The highest BCUT2D eigenvalue weighted by Gasteiger charge is 2.35. The number of thiophene rings is 1. The Labute approximate surface area is 111 Å². The summed E-state index contributed by atoms with van der Waals surface area (Å²) in [5.41, 5.74) is 5.64.